The van der Waals surface area contributed by atoms with E-state index >= 15 is 0 Å². The molecule has 4 heteroatoms. The van der Waals surface area contributed by atoms with Gasteiger partial charge in [0.25, 0.3) is 0 Å². The van der Waals surface area contributed by atoms with Crippen molar-refractivity contribution >= 4 is 11.6 Å². The van der Waals surface area contributed by atoms with Crippen LogP contribution in [0.2, 0.25) is 5.02 Å². The van der Waals surface area contributed by atoms with Crippen LogP contribution in [-0.2, 0) is 0 Å². The minimum Gasteiger partial charge on any atom is -0.395 e. The van der Waals surface area contributed by atoms with Crippen LogP contribution in [0.5, 0.6) is 0 Å². The second-order valence-electron chi connectivity index (χ2n) is 2.53. The molecule has 14 heavy (non-hydrogen) atoms. The van der Waals surface area contributed by atoms with Gasteiger partial charge in [-0.2, -0.15) is 0 Å². The Bertz CT molecular complexity index is 370. The fraction of sp³-hybridized carbons (Fsp3) is 0.200. The third kappa shape index (κ3) is 2.69. The molecule has 1 N–H and O–H groups in total. The molecule has 1 aromatic rings. The fourth-order valence-electron chi connectivity index (χ4n) is 0.848. The Morgan fingerprint density at radius 3 is 2.36 bits per heavy atom. The van der Waals surface area contributed by atoms with E-state index in [0.29, 0.717) is 0 Å². The molecule has 1 nitrogen and oxygen atoms in total. The molecule has 0 saturated carbocycles. The highest BCUT2D eigenvalue weighted by atomic mass is 35.5. The van der Waals surface area contributed by atoms with Crippen LogP contribution in [0.1, 0.15) is 12.0 Å². The first-order valence-corrected chi connectivity index (χ1v) is 4.27. The van der Waals surface area contributed by atoms with E-state index in [9.17, 15) is 8.78 Å². The van der Waals surface area contributed by atoms with Gasteiger partial charge >= 0.3 is 0 Å². The predicted molar refractivity (Wildman–Crippen MR) is 49.9 cm³/mol. The van der Waals surface area contributed by atoms with E-state index in [0.717, 1.165) is 12.1 Å². The minimum atomic E-state index is -0.833. The summed E-state index contributed by atoms with van der Waals surface area (Å²) < 4.78 is 25.7. The van der Waals surface area contributed by atoms with Crippen molar-refractivity contribution in [3.8, 4) is 11.8 Å². The summed E-state index contributed by atoms with van der Waals surface area (Å²) in [4.78, 5) is 0. The van der Waals surface area contributed by atoms with E-state index in [2.05, 4.69) is 11.8 Å². The summed E-state index contributed by atoms with van der Waals surface area (Å²) in [5.41, 5.74) is 0.206. The van der Waals surface area contributed by atoms with Crippen molar-refractivity contribution in [2.45, 2.75) is 6.42 Å². The van der Waals surface area contributed by atoms with Crippen LogP contribution in [0.15, 0.2) is 12.1 Å². The average Bonchev–Trinajstić information content (AvgIpc) is 2.14. The minimum absolute atomic E-state index is 0.0778. The first-order chi connectivity index (χ1) is 6.65. The molecule has 1 rings (SSSR count). The molecule has 0 amide bonds. The van der Waals surface area contributed by atoms with Crippen LogP contribution in [0.4, 0.5) is 8.78 Å². The molecule has 0 radical (unpaired) electrons. The van der Waals surface area contributed by atoms with Crippen LogP contribution < -0.4 is 0 Å². The van der Waals surface area contributed by atoms with Crippen LogP contribution in [0.25, 0.3) is 0 Å². The zero-order valence-electron chi connectivity index (χ0n) is 7.15. The van der Waals surface area contributed by atoms with Gasteiger partial charge in [-0.25, -0.2) is 8.78 Å². The molecule has 0 bridgehead atoms. The molecule has 0 aliphatic rings. The lowest BCUT2D eigenvalue weighted by Crippen LogP contribution is -1.86. The first-order valence-electron chi connectivity index (χ1n) is 3.89. The molecule has 0 fully saturated rings. The van der Waals surface area contributed by atoms with Crippen molar-refractivity contribution in [3.05, 3.63) is 34.4 Å². The highest BCUT2D eigenvalue weighted by Crippen LogP contribution is 2.19. The molecular formula is C10H7ClF2O. The van der Waals surface area contributed by atoms with Crippen molar-refractivity contribution in [2.24, 2.45) is 0 Å². The summed E-state index contributed by atoms with van der Waals surface area (Å²) in [6, 6.07) is 2.10. The van der Waals surface area contributed by atoms with Crippen LogP contribution in [0.3, 0.4) is 0 Å². The van der Waals surface area contributed by atoms with Gasteiger partial charge in [0.1, 0.15) is 16.7 Å². The van der Waals surface area contributed by atoms with Crippen LogP contribution >= 0.6 is 11.6 Å². The Balaban J connectivity index is 2.97. The molecule has 0 atom stereocenters. The van der Waals surface area contributed by atoms with Gasteiger partial charge in [0.2, 0.25) is 0 Å². The van der Waals surface area contributed by atoms with E-state index in [1.54, 1.807) is 0 Å². The number of aliphatic hydroxyl groups excluding tert-OH is 1. The van der Waals surface area contributed by atoms with Gasteiger partial charge in [0, 0.05) is 12.0 Å². The van der Waals surface area contributed by atoms with Gasteiger partial charge in [-0.05, 0) is 12.1 Å². The Labute approximate surface area is 85.3 Å². The number of hydrogen-bond acceptors (Lipinski definition) is 1. The Morgan fingerprint density at radius 2 is 1.86 bits per heavy atom. The highest BCUT2D eigenvalue weighted by Gasteiger charge is 2.06. The van der Waals surface area contributed by atoms with Crippen LogP contribution in [-0.4, -0.2) is 11.7 Å². The summed E-state index contributed by atoms with van der Waals surface area (Å²) >= 11 is 5.27. The second-order valence-corrected chi connectivity index (χ2v) is 2.91. The molecule has 0 unspecified atom stereocenters. The van der Waals surface area contributed by atoms with Crippen molar-refractivity contribution < 1.29 is 13.9 Å². The van der Waals surface area contributed by atoms with Gasteiger partial charge in [-0.3, -0.25) is 0 Å². The standard InChI is InChI=1S/C10H7ClF2O/c11-10-8(12)5-7(6-9(10)13)3-1-2-4-14/h5-6,14H,2,4H2. The van der Waals surface area contributed by atoms with E-state index in [-0.39, 0.29) is 18.6 Å². The van der Waals surface area contributed by atoms with Crippen molar-refractivity contribution in [1.29, 1.82) is 0 Å². The number of hydrogen-bond donors (Lipinski definition) is 1. The SMILES string of the molecule is OCCC#Cc1cc(F)c(Cl)c(F)c1. The van der Waals surface area contributed by atoms with Gasteiger partial charge in [-0.1, -0.05) is 23.4 Å². The van der Waals surface area contributed by atoms with Gasteiger partial charge < -0.3 is 5.11 Å². The van der Waals surface area contributed by atoms with E-state index in [4.69, 9.17) is 16.7 Å². The number of rotatable bonds is 1. The van der Waals surface area contributed by atoms with Crippen molar-refractivity contribution in [2.75, 3.05) is 6.61 Å². The molecule has 0 aliphatic heterocycles. The molecule has 0 aromatic heterocycles. The largest absolute Gasteiger partial charge is 0.395 e. The van der Waals surface area contributed by atoms with Gasteiger partial charge in [-0.15, -0.1) is 0 Å². The molecule has 1 aromatic carbocycles. The molecule has 0 saturated heterocycles. The third-order valence-corrected chi connectivity index (χ3v) is 1.81. The fourth-order valence-corrected chi connectivity index (χ4v) is 0.957. The van der Waals surface area contributed by atoms with Crippen LogP contribution in [0, 0.1) is 23.5 Å². The monoisotopic (exact) mass is 216 g/mol. The normalized spacial score (nSPS) is 9.43. The number of halogens is 3. The Kier molecular flexibility index (Phi) is 3.87. The molecule has 74 valence electrons. The van der Waals surface area contributed by atoms with Gasteiger partial charge in [0.05, 0.1) is 6.61 Å². The summed E-state index contributed by atoms with van der Waals surface area (Å²) in [7, 11) is 0. The summed E-state index contributed by atoms with van der Waals surface area (Å²) in [6.07, 6.45) is 0.270. The maximum atomic E-state index is 12.9. The first kappa shape index (κ1) is 11.0. The van der Waals surface area contributed by atoms with Crippen molar-refractivity contribution in [1.82, 2.24) is 0 Å². The lowest BCUT2D eigenvalue weighted by Gasteiger charge is -1.96. The zero-order valence-corrected chi connectivity index (χ0v) is 7.91. The summed E-state index contributed by atoms with van der Waals surface area (Å²) in [5, 5.41) is 7.90. The Morgan fingerprint density at radius 1 is 1.29 bits per heavy atom. The number of aliphatic hydroxyl groups is 1. The smallest absolute Gasteiger partial charge is 0.146 e. The lowest BCUT2D eigenvalue weighted by atomic mass is 10.2. The quantitative estimate of drug-likeness (QED) is 0.564. The Hall–Kier alpha value is -1.11. The van der Waals surface area contributed by atoms with E-state index in [1.807, 2.05) is 0 Å². The average molecular weight is 217 g/mol. The molecule has 0 heterocycles. The second kappa shape index (κ2) is 4.94. The molecular weight excluding hydrogens is 210 g/mol. The maximum Gasteiger partial charge on any atom is 0.146 e. The summed E-state index contributed by atoms with van der Waals surface area (Å²) in [6.45, 7) is -0.0778. The third-order valence-electron chi connectivity index (χ3n) is 1.45. The maximum absolute atomic E-state index is 12.9. The molecule has 0 aliphatic carbocycles. The zero-order chi connectivity index (χ0) is 10.6. The summed E-state index contributed by atoms with van der Waals surface area (Å²) in [5.74, 6) is 3.39. The topological polar surface area (TPSA) is 20.2 Å². The predicted octanol–water partition coefficient (Wildman–Crippen LogP) is 2.35. The van der Waals surface area contributed by atoms with E-state index < -0.39 is 16.7 Å². The lowest BCUT2D eigenvalue weighted by molar-refractivity contribution is 0.305. The molecule has 0 spiro atoms. The highest BCUT2D eigenvalue weighted by molar-refractivity contribution is 6.30. The number of benzene rings is 1. The van der Waals surface area contributed by atoms with Crippen molar-refractivity contribution in [3.63, 3.8) is 0 Å². The van der Waals surface area contributed by atoms with Gasteiger partial charge in [0.15, 0.2) is 0 Å². The van der Waals surface area contributed by atoms with E-state index in [1.165, 1.54) is 0 Å².